The van der Waals surface area contributed by atoms with Gasteiger partial charge in [0.1, 0.15) is 18.1 Å². The van der Waals surface area contributed by atoms with Crippen molar-refractivity contribution in [1.29, 1.82) is 0 Å². The summed E-state index contributed by atoms with van der Waals surface area (Å²) in [4.78, 5) is 0. The number of hydrogen-bond acceptors (Lipinski definition) is 3. The van der Waals surface area contributed by atoms with Crippen LogP contribution in [-0.2, 0) is 13.2 Å². The minimum absolute atomic E-state index is 0.577. The molecule has 0 saturated carbocycles. The zero-order valence-electron chi connectivity index (χ0n) is 12.1. The Labute approximate surface area is 120 Å². The molecule has 0 atom stereocenters. The molecule has 1 N–H and O–H groups in total. The summed E-state index contributed by atoms with van der Waals surface area (Å²) in [7, 11) is 1.66. The summed E-state index contributed by atoms with van der Waals surface area (Å²) in [5.74, 6) is 1.69. The number of ether oxygens (including phenoxy) is 2. The van der Waals surface area contributed by atoms with Crippen molar-refractivity contribution in [2.45, 2.75) is 20.1 Å². The van der Waals surface area contributed by atoms with Gasteiger partial charge in [0.2, 0.25) is 0 Å². The monoisotopic (exact) mass is 271 g/mol. The van der Waals surface area contributed by atoms with Gasteiger partial charge in [0.25, 0.3) is 0 Å². The molecule has 0 aromatic heterocycles. The molecular weight excluding hydrogens is 250 g/mol. The van der Waals surface area contributed by atoms with Crippen LogP contribution in [0.5, 0.6) is 11.5 Å². The standard InChI is InChI=1S/C17H21NO2/c1-3-18-12-14-4-6-15(7-5-14)13-20-17-10-8-16(19-2)9-11-17/h4-11,18H,3,12-13H2,1-2H3. The number of benzene rings is 2. The fourth-order valence-corrected chi connectivity index (χ4v) is 1.86. The molecule has 0 saturated heterocycles. The van der Waals surface area contributed by atoms with Gasteiger partial charge in [0.05, 0.1) is 7.11 Å². The smallest absolute Gasteiger partial charge is 0.120 e. The molecule has 2 aromatic carbocycles. The second-order valence-corrected chi connectivity index (χ2v) is 4.56. The minimum atomic E-state index is 0.577. The van der Waals surface area contributed by atoms with E-state index in [0.29, 0.717) is 6.61 Å². The van der Waals surface area contributed by atoms with E-state index >= 15 is 0 Å². The predicted molar refractivity (Wildman–Crippen MR) is 81.1 cm³/mol. The summed E-state index contributed by atoms with van der Waals surface area (Å²) in [6, 6.07) is 16.1. The van der Waals surface area contributed by atoms with E-state index < -0.39 is 0 Å². The van der Waals surface area contributed by atoms with E-state index in [2.05, 4.69) is 36.5 Å². The number of rotatable bonds is 7. The fraction of sp³-hybridized carbons (Fsp3) is 0.294. The van der Waals surface area contributed by atoms with E-state index in [1.54, 1.807) is 7.11 Å². The van der Waals surface area contributed by atoms with Crippen molar-refractivity contribution in [1.82, 2.24) is 5.32 Å². The Balaban J connectivity index is 1.86. The third kappa shape index (κ3) is 4.28. The highest BCUT2D eigenvalue weighted by Gasteiger charge is 1.98. The van der Waals surface area contributed by atoms with Gasteiger partial charge in [-0.1, -0.05) is 31.2 Å². The normalized spacial score (nSPS) is 10.3. The summed E-state index contributed by atoms with van der Waals surface area (Å²) in [5, 5.41) is 3.31. The lowest BCUT2D eigenvalue weighted by Crippen LogP contribution is -2.11. The molecule has 2 aromatic rings. The highest BCUT2D eigenvalue weighted by atomic mass is 16.5. The predicted octanol–water partition coefficient (Wildman–Crippen LogP) is 3.38. The molecule has 0 heterocycles. The Morgan fingerprint density at radius 2 is 1.45 bits per heavy atom. The maximum atomic E-state index is 5.74. The van der Waals surface area contributed by atoms with Crippen LogP contribution in [0.3, 0.4) is 0 Å². The van der Waals surface area contributed by atoms with Crippen LogP contribution >= 0.6 is 0 Å². The van der Waals surface area contributed by atoms with Crippen molar-refractivity contribution in [2.75, 3.05) is 13.7 Å². The van der Waals surface area contributed by atoms with Crippen LogP contribution in [0.15, 0.2) is 48.5 Å². The molecule has 3 nitrogen and oxygen atoms in total. The van der Waals surface area contributed by atoms with Gasteiger partial charge in [-0.2, -0.15) is 0 Å². The van der Waals surface area contributed by atoms with Gasteiger partial charge in [-0.15, -0.1) is 0 Å². The molecule has 0 aliphatic carbocycles. The van der Waals surface area contributed by atoms with E-state index in [4.69, 9.17) is 9.47 Å². The molecule has 0 radical (unpaired) electrons. The molecule has 3 heteroatoms. The van der Waals surface area contributed by atoms with Crippen molar-refractivity contribution in [3.63, 3.8) is 0 Å². The Morgan fingerprint density at radius 3 is 2.05 bits per heavy atom. The SMILES string of the molecule is CCNCc1ccc(COc2ccc(OC)cc2)cc1. The van der Waals surface area contributed by atoms with Crippen molar-refractivity contribution in [2.24, 2.45) is 0 Å². The first kappa shape index (κ1) is 14.4. The van der Waals surface area contributed by atoms with Crippen LogP contribution in [0.4, 0.5) is 0 Å². The van der Waals surface area contributed by atoms with Crippen molar-refractivity contribution >= 4 is 0 Å². The largest absolute Gasteiger partial charge is 0.497 e. The molecule has 2 rings (SSSR count). The third-order valence-electron chi connectivity index (χ3n) is 3.07. The average molecular weight is 271 g/mol. The Hall–Kier alpha value is -2.00. The molecule has 20 heavy (non-hydrogen) atoms. The lowest BCUT2D eigenvalue weighted by Gasteiger charge is -2.08. The van der Waals surface area contributed by atoms with Crippen molar-refractivity contribution in [3.05, 3.63) is 59.7 Å². The van der Waals surface area contributed by atoms with E-state index in [1.807, 2.05) is 24.3 Å². The quantitative estimate of drug-likeness (QED) is 0.837. The van der Waals surface area contributed by atoms with Crippen LogP contribution in [-0.4, -0.2) is 13.7 Å². The first-order chi connectivity index (χ1) is 9.81. The van der Waals surface area contributed by atoms with Gasteiger partial charge in [-0.25, -0.2) is 0 Å². The summed E-state index contributed by atoms with van der Waals surface area (Å²) < 4.78 is 10.9. The van der Waals surface area contributed by atoms with Crippen molar-refractivity contribution < 1.29 is 9.47 Å². The second kappa shape index (κ2) is 7.56. The minimum Gasteiger partial charge on any atom is -0.497 e. The van der Waals surface area contributed by atoms with Crippen LogP contribution in [0.1, 0.15) is 18.1 Å². The molecule has 0 aliphatic heterocycles. The molecule has 106 valence electrons. The fourth-order valence-electron chi connectivity index (χ4n) is 1.86. The van der Waals surface area contributed by atoms with E-state index in [9.17, 15) is 0 Å². The van der Waals surface area contributed by atoms with Crippen LogP contribution in [0.25, 0.3) is 0 Å². The lowest BCUT2D eigenvalue weighted by atomic mass is 10.1. The first-order valence-electron chi connectivity index (χ1n) is 6.87. The number of methoxy groups -OCH3 is 1. The van der Waals surface area contributed by atoms with E-state index in [-0.39, 0.29) is 0 Å². The van der Waals surface area contributed by atoms with Gasteiger partial charge in [-0.3, -0.25) is 0 Å². The van der Waals surface area contributed by atoms with Crippen LogP contribution in [0.2, 0.25) is 0 Å². The van der Waals surface area contributed by atoms with E-state index in [0.717, 1.165) is 24.6 Å². The molecule has 0 amide bonds. The van der Waals surface area contributed by atoms with Crippen LogP contribution < -0.4 is 14.8 Å². The second-order valence-electron chi connectivity index (χ2n) is 4.56. The number of hydrogen-bond donors (Lipinski definition) is 1. The summed E-state index contributed by atoms with van der Waals surface area (Å²) in [6.07, 6.45) is 0. The molecule has 0 fully saturated rings. The summed E-state index contributed by atoms with van der Waals surface area (Å²) in [6.45, 7) is 4.59. The zero-order chi connectivity index (χ0) is 14.2. The Bertz CT molecular complexity index is 506. The van der Waals surface area contributed by atoms with Gasteiger partial charge in [-0.05, 0) is 41.9 Å². The highest BCUT2D eigenvalue weighted by molar-refractivity contribution is 5.31. The van der Waals surface area contributed by atoms with E-state index in [1.165, 1.54) is 11.1 Å². The number of nitrogens with one attached hydrogen (secondary N) is 1. The molecule has 0 unspecified atom stereocenters. The third-order valence-corrected chi connectivity index (χ3v) is 3.07. The van der Waals surface area contributed by atoms with Gasteiger partial charge in [0.15, 0.2) is 0 Å². The summed E-state index contributed by atoms with van der Waals surface area (Å²) >= 11 is 0. The van der Waals surface area contributed by atoms with Gasteiger partial charge >= 0.3 is 0 Å². The van der Waals surface area contributed by atoms with Crippen LogP contribution in [0, 0.1) is 0 Å². The molecule has 0 spiro atoms. The van der Waals surface area contributed by atoms with Crippen molar-refractivity contribution in [3.8, 4) is 11.5 Å². The Morgan fingerprint density at radius 1 is 0.850 bits per heavy atom. The van der Waals surface area contributed by atoms with Gasteiger partial charge in [0, 0.05) is 6.54 Å². The first-order valence-corrected chi connectivity index (χ1v) is 6.87. The topological polar surface area (TPSA) is 30.5 Å². The molecule has 0 aliphatic rings. The average Bonchev–Trinajstić information content (AvgIpc) is 2.52. The van der Waals surface area contributed by atoms with Gasteiger partial charge < -0.3 is 14.8 Å². The zero-order valence-corrected chi connectivity index (χ0v) is 12.1. The summed E-state index contributed by atoms with van der Waals surface area (Å²) in [5.41, 5.74) is 2.46. The highest BCUT2D eigenvalue weighted by Crippen LogP contribution is 2.18. The Kier molecular flexibility index (Phi) is 5.44. The molecular formula is C17H21NO2. The maximum Gasteiger partial charge on any atom is 0.120 e. The lowest BCUT2D eigenvalue weighted by molar-refractivity contribution is 0.305. The molecule has 0 bridgehead atoms. The maximum absolute atomic E-state index is 5.74.